The molecule has 0 saturated heterocycles. The topological polar surface area (TPSA) is 84.9 Å². The Balaban J connectivity index is 2.54. The standard InChI is InChI=1S/C17H27NO5Si/c1-17(2,3)24(4,5)23-12-14(15(19)20)18-16(21)22-11-13-9-7-6-8-10-13/h6-10,14H,11-12H2,1-5H3,(H,18,21)(H,19,20)/t14-/m0/s1. The zero-order valence-electron chi connectivity index (χ0n) is 15.0. The van der Waals surface area contributed by atoms with Crippen molar-refractivity contribution in [2.45, 2.75) is 51.6 Å². The smallest absolute Gasteiger partial charge is 0.408 e. The number of carbonyl (C=O) groups excluding carboxylic acids is 1. The van der Waals surface area contributed by atoms with E-state index in [1.807, 2.05) is 43.4 Å². The van der Waals surface area contributed by atoms with E-state index in [1.54, 1.807) is 0 Å². The normalized spacial score (nSPS) is 13.2. The lowest BCUT2D eigenvalue weighted by atomic mass is 10.2. The van der Waals surface area contributed by atoms with Crippen LogP contribution in [0, 0.1) is 0 Å². The number of carboxylic acid groups (broad SMARTS) is 1. The molecule has 7 heteroatoms. The van der Waals surface area contributed by atoms with Crippen LogP contribution in [0.1, 0.15) is 26.3 Å². The molecule has 0 aliphatic heterocycles. The summed E-state index contributed by atoms with van der Waals surface area (Å²) in [6, 6.07) is 8.04. The summed E-state index contributed by atoms with van der Waals surface area (Å²) in [4.78, 5) is 23.2. The molecule has 0 heterocycles. The van der Waals surface area contributed by atoms with Crippen molar-refractivity contribution in [2.24, 2.45) is 0 Å². The molecule has 24 heavy (non-hydrogen) atoms. The molecule has 0 radical (unpaired) electrons. The Hall–Kier alpha value is -1.86. The average Bonchev–Trinajstić information content (AvgIpc) is 2.49. The van der Waals surface area contributed by atoms with E-state index in [9.17, 15) is 14.7 Å². The predicted molar refractivity (Wildman–Crippen MR) is 94.3 cm³/mol. The fourth-order valence-corrected chi connectivity index (χ4v) is 2.61. The molecule has 0 fully saturated rings. The number of hydrogen-bond donors (Lipinski definition) is 2. The van der Waals surface area contributed by atoms with Gasteiger partial charge in [0.05, 0.1) is 6.61 Å². The van der Waals surface area contributed by atoms with Gasteiger partial charge < -0.3 is 19.6 Å². The van der Waals surface area contributed by atoms with Gasteiger partial charge in [-0.3, -0.25) is 0 Å². The maximum Gasteiger partial charge on any atom is 0.408 e. The van der Waals surface area contributed by atoms with Crippen LogP contribution in [0.5, 0.6) is 0 Å². The molecule has 0 aliphatic rings. The number of benzene rings is 1. The van der Waals surface area contributed by atoms with Gasteiger partial charge in [0.2, 0.25) is 0 Å². The minimum Gasteiger partial charge on any atom is -0.480 e. The first kappa shape index (κ1) is 20.2. The molecular weight excluding hydrogens is 326 g/mol. The molecule has 0 bridgehead atoms. The number of aliphatic carboxylic acids is 1. The Labute approximate surface area is 144 Å². The molecule has 1 aromatic carbocycles. The lowest BCUT2D eigenvalue weighted by molar-refractivity contribution is -0.140. The summed E-state index contributed by atoms with van der Waals surface area (Å²) >= 11 is 0. The Morgan fingerprint density at radius 1 is 1.21 bits per heavy atom. The highest BCUT2D eigenvalue weighted by molar-refractivity contribution is 6.74. The average molecular weight is 353 g/mol. The van der Waals surface area contributed by atoms with Gasteiger partial charge in [-0.15, -0.1) is 0 Å². The van der Waals surface area contributed by atoms with E-state index >= 15 is 0 Å². The summed E-state index contributed by atoms with van der Waals surface area (Å²) < 4.78 is 10.9. The molecule has 0 saturated carbocycles. The van der Waals surface area contributed by atoms with Crippen molar-refractivity contribution in [3.8, 4) is 0 Å². The van der Waals surface area contributed by atoms with Crippen molar-refractivity contribution >= 4 is 20.4 Å². The fraction of sp³-hybridized carbons (Fsp3) is 0.529. The van der Waals surface area contributed by atoms with E-state index in [1.165, 1.54) is 0 Å². The maximum absolute atomic E-state index is 11.8. The first-order chi connectivity index (χ1) is 11.0. The summed E-state index contributed by atoms with van der Waals surface area (Å²) in [5.74, 6) is -1.15. The molecule has 0 aliphatic carbocycles. The van der Waals surface area contributed by atoms with Crippen LogP contribution < -0.4 is 5.32 Å². The van der Waals surface area contributed by atoms with Crippen LogP contribution >= 0.6 is 0 Å². The largest absolute Gasteiger partial charge is 0.480 e. The number of carbonyl (C=O) groups is 2. The minimum absolute atomic E-state index is 0.0378. The van der Waals surface area contributed by atoms with Crippen LogP contribution in [0.4, 0.5) is 4.79 Å². The Morgan fingerprint density at radius 2 is 1.79 bits per heavy atom. The second-order valence-corrected chi connectivity index (χ2v) is 12.0. The van der Waals surface area contributed by atoms with Crippen LogP contribution in [0.15, 0.2) is 30.3 Å². The van der Waals surface area contributed by atoms with Crippen LogP contribution in [-0.4, -0.2) is 38.1 Å². The number of hydrogen-bond acceptors (Lipinski definition) is 4. The zero-order valence-corrected chi connectivity index (χ0v) is 16.0. The Kier molecular flexibility index (Phi) is 6.98. The van der Waals surface area contributed by atoms with Crippen LogP contribution in [0.2, 0.25) is 18.1 Å². The molecule has 0 unspecified atom stereocenters. The van der Waals surface area contributed by atoms with E-state index in [4.69, 9.17) is 9.16 Å². The SMILES string of the molecule is CC(C)(C)[Si](C)(C)OC[C@H](NC(=O)OCc1ccccc1)C(=O)O. The number of ether oxygens (including phenoxy) is 1. The van der Waals surface area contributed by atoms with Gasteiger partial charge in [0, 0.05) is 0 Å². The van der Waals surface area contributed by atoms with Crippen molar-refractivity contribution in [2.75, 3.05) is 6.61 Å². The number of amides is 1. The molecular formula is C17H27NO5Si. The number of alkyl carbamates (subject to hydrolysis) is 1. The third kappa shape index (κ3) is 6.33. The first-order valence-corrected chi connectivity index (χ1v) is 10.8. The fourth-order valence-electron chi connectivity index (χ4n) is 1.59. The van der Waals surface area contributed by atoms with Gasteiger partial charge in [-0.05, 0) is 23.7 Å². The number of rotatable bonds is 7. The van der Waals surface area contributed by atoms with Crippen LogP contribution in [-0.2, 0) is 20.6 Å². The lowest BCUT2D eigenvalue weighted by Gasteiger charge is -2.36. The molecule has 1 amide bonds. The van der Waals surface area contributed by atoms with E-state index in [0.717, 1.165) is 5.56 Å². The van der Waals surface area contributed by atoms with Crippen molar-refractivity contribution in [1.82, 2.24) is 5.32 Å². The summed E-state index contributed by atoms with van der Waals surface area (Å²) in [5, 5.41) is 11.6. The maximum atomic E-state index is 11.8. The Morgan fingerprint density at radius 3 is 2.29 bits per heavy atom. The van der Waals surface area contributed by atoms with Crippen molar-refractivity contribution in [1.29, 1.82) is 0 Å². The van der Waals surface area contributed by atoms with Crippen molar-refractivity contribution in [3.63, 3.8) is 0 Å². The molecule has 0 spiro atoms. The second-order valence-electron chi connectivity index (χ2n) is 7.17. The van der Waals surface area contributed by atoms with E-state index in [-0.39, 0.29) is 18.3 Å². The quantitative estimate of drug-likeness (QED) is 0.734. The Bertz CT molecular complexity index is 554. The van der Waals surface area contributed by atoms with Gasteiger partial charge in [0.1, 0.15) is 6.61 Å². The summed E-state index contributed by atoms with van der Waals surface area (Å²) in [6.45, 7) is 10.3. The second kappa shape index (κ2) is 8.30. The third-order valence-electron chi connectivity index (χ3n) is 4.22. The van der Waals surface area contributed by atoms with Crippen molar-refractivity contribution in [3.05, 3.63) is 35.9 Å². The predicted octanol–water partition coefficient (Wildman–Crippen LogP) is 3.39. The molecule has 1 rings (SSSR count). The van der Waals surface area contributed by atoms with Gasteiger partial charge >= 0.3 is 12.1 Å². The summed E-state index contributed by atoms with van der Waals surface area (Å²) in [6.07, 6.45) is -0.773. The lowest BCUT2D eigenvalue weighted by Crippen LogP contribution is -2.49. The minimum atomic E-state index is -2.09. The van der Waals surface area contributed by atoms with Crippen LogP contribution in [0.25, 0.3) is 0 Å². The van der Waals surface area contributed by atoms with Crippen molar-refractivity contribution < 1.29 is 23.9 Å². The van der Waals surface area contributed by atoms with Gasteiger partial charge in [-0.25, -0.2) is 9.59 Å². The highest BCUT2D eigenvalue weighted by atomic mass is 28.4. The van der Waals surface area contributed by atoms with Gasteiger partial charge in [0.25, 0.3) is 0 Å². The first-order valence-electron chi connectivity index (χ1n) is 7.87. The molecule has 6 nitrogen and oxygen atoms in total. The number of nitrogens with one attached hydrogen (secondary N) is 1. The molecule has 1 aromatic rings. The summed E-state index contributed by atoms with van der Waals surface area (Å²) in [5.41, 5.74) is 0.831. The molecule has 2 N–H and O–H groups in total. The van der Waals surface area contributed by atoms with Gasteiger partial charge in [0.15, 0.2) is 14.4 Å². The zero-order chi connectivity index (χ0) is 18.4. The molecule has 134 valence electrons. The highest BCUT2D eigenvalue weighted by Gasteiger charge is 2.38. The molecule has 1 atom stereocenters. The van der Waals surface area contributed by atoms with Crippen LogP contribution in [0.3, 0.4) is 0 Å². The van der Waals surface area contributed by atoms with E-state index in [2.05, 4.69) is 26.1 Å². The highest BCUT2D eigenvalue weighted by Crippen LogP contribution is 2.36. The number of carboxylic acids is 1. The summed E-state index contributed by atoms with van der Waals surface area (Å²) in [7, 11) is -2.09. The molecule has 0 aromatic heterocycles. The van der Waals surface area contributed by atoms with E-state index in [0.29, 0.717) is 0 Å². The van der Waals surface area contributed by atoms with Gasteiger partial charge in [-0.2, -0.15) is 0 Å². The third-order valence-corrected chi connectivity index (χ3v) is 8.72. The van der Waals surface area contributed by atoms with E-state index < -0.39 is 26.4 Å². The monoisotopic (exact) mass is 353 g/mol. The van der Waals surface area contributed by atoms with Gasteiger partial charge in [-0.1, -0.05) is 51.1 Å².